The lowest BCUT2D eigenvalue weighted by molar-refractivity contribution is 0.0692. The maximum absolute atomic E-state index is 10.9. The minimum absolute atomic E-state index is 0.0944. The summed E-state index contributed by atoms with van der Waals surface area (Å²) in [6.07, 6.45) is 0. The van der Waals surface area contributed by atoms with Crippen molar-refractivity contribution in [1.82, 2.24) is 4.98 Å². The van der Waals surface area contributed by atoms with Crippen molar-refractivity contribution < 1.29 is 9.90 Å². The van der Waals surface area contributed by atoms with E-state index in [-0.39, 0.29) is 11.4 Å². The van der Waals surface area contributed by atoms with Gasteiger partial charge in [0.05, 0.1) is 11.4 Å². The zero-order valence-electron chi connectivity index (χ0n) is 8.60. The summed E-state index contributed by atoms with van der Waals surface area (Å²) in [5, 5.41) is 12.9. The molecule has 0 aromatic carbocycles. The number of nitrogens with two attached hydrogens (primary N) is 1. The van der Waals surface area contributed by atoms with Crippen LogP contribution in [0.2, 0.25) is 0 Å². The van der Waals surface area contributed by atoms with Gasteiger partial charge in [0.2, 0.25) is 0 Å². The minimum Gasteiger partial charge on any atom is -0.476 e. The summed E-state index contributed by atoms with van der Waals surface area (Å²) in [7, 11) is 0. The molecule has 3 N–H and O–H groups in total. The molecule has 4 nitrogen and oxygen atoms in total. The minimum atomic E-state index is -1.10. The number of carboxylic acid groups (broad SMARTS) is 1. The van der Waals surface area contributed by atoms with Crippen molar-refractivity contribution in [2.45, 2.75) is 6.92 Å². The van der Waals surface area contributed by atoms with Gasteiger partial charge in [0.1, 0.15) is 0 Å². The summed E-state index contributed by atoms with van der Waals surface area (Å²) >= 11 is 1.56. The second-order valence-electron chi connectivity index (χ2n) is 3.41. The highest BCUT2D eigenvalue weighted by Gasteiger charge is 2.12. The first kappa shape index (κ1) is 10.6. The number of aromatic nitrogens is 1. The van der Waals surface area contributed by atoms with Crippen LogP contribution in [0, 0.1) is 6.92 Å². The Morgan fingerprint density at radius 1 is 1.44 bits per heavy atom. The van der Waals surface area contributed by atoms with Gasteiger partial charge in [-0.1, -0.05) is 0 Å². The predicted octanol–water partition coefficient (Wildman–Crippen LogP) is 2.40. The largest absolute Gasteiger partial charge is 0.476 e. The van der Waals surface area contributed by atoms with Gasteiger partial charge in [0.25, 0.3) is 0 Å². The van der Waals surface area contributed by atoms with Gasteiger partial charge in [-0.2, -0.15) is 11.3 Å². The van der Waals surface area contributed by atoms with E-state index in [1.54, 1.807) is 23.5 Å². The lowest BCUT2D eigenvalue weighted by atomic mass is 10.1. The number of nitrogen functional groups attached to an aromatic ring is 1. The summed E-state index contributed by atoms with van der Waals surface area (Å²) in [6.45, 7) is 1.96. The highest BCUT2D eigenvalue weighted by molar-refractivity contribution is 7.08. The van der Waals surface area contributed by atoms with Gasteiger partial charge >= 0.3 is 5.97 Å². The zero-order valence-corrected chi connectivity index (χ0v) is 9.41. The normalized spacial score (nSPS) is 10.3. The Labute approximate surface area is 96.4 Å². The number of pyridine rings is 1. The summed E-state index contributed by atoms with van der Waals surface area (Å²) in [5.74, 6) is -1.10. The van der Waals surface area contributed by atoms with E-state index in [4.69, 9.17) is 10.8 Å². The molecule has 82 valence electrons. The van der Waals surface area contributed by atoms with E-state index in [2.05, 4.69) is 4.98 Å². The Balaban J connectivity index is 2.56. The number of anilines is 1. The van der Waals surface area contributed by atoms with Crippen molar-refractivity contribution in [1.29, 1.82) is 0 Å². The number of carbonyl (C=O) groups is 1. The number of aryl methyl sites for hydroxylation is 1. The molecule has 0 aliphatic heterocycles. The average Bonchev–Trinajstić information content (AvgIpc) is 2.65. The Morgan fingerprint density at radius 3 is 2.75 bits per heavy atom. The number of nitrogens with zero attached hydrogens (tertiary/aromatic N) is 1. The first-order valence-corrected chi connectivity index (χ1v) is 5.57. The Bertz CT molecular complexity index is 549. The maximum atomic E-state index is 10.9. The van der Waals surface area contributed by atoms with Crippen LogP contribution in [-0.4, -0.2) is 16.1 Å². The fourth-order valence-corrected chi connectivity index (χ4v) is 2.26. The van der Waals surface area contributed by atoms with E-state index in [9.17, 15) is 4.79 Å². The molecule has 0 unspecified atom stereocenters. The third-order valence-corrected chi connectivity index (χ3v) is 3.12. The van der Waals surface area contributed by atoms with Crippen LogP contribution in [0.5, 0.6) is 0 Å². The molecule has 0 amide bonds. The van der Waals surface area contributed by atoms with Crippen molar-refractivity contribution in [3.8, 4) is 11.3 Å². The van der Waals surface area contributed by atoms with Gasteiger partial charge in [0.15, 0.2) is 5.69 Å². The van der Waals surface area contributed by atoms with Crippen LogP contribution in [0.4, 0.5) is 5.69 Å². The predicted molar refractivity (Wildman–Crippen MR) is 63.7 cm³/mol. The number of carboxylic acids is 1. The van der Waals surface area contributed by atoms with Crippen molar-refractivity contribution >= 4 is 23.0 Å². The third kappa shape index (κ3) is 1.77. The van der Waals surface area contributed by atoms with Gasteiger partial charge in [-0.05, 0) is 30.0 Å². The quantitative estimate of drug-likeness (QED) is 0.836. The molecule has 2 rings (SSSR count). The van der Waals surface area contributed by atoms with Gasteiger partial charge in [-0.25, -0.2) is 9.78 Å². The second-order valence-corrected chi connectivity index (χ2v) is 4.15. The molecule has 0 fully saturated rings. The monoisotopic (exact) mass is 234 g/mol. The van der Waals surface area contributed by atoms with Gasteiger partial charge in [-0.15, -0.1) is 0 Å². The van der Waals surface area contributed by atoms with Crippen molar-refractivity contribution in [2.75, 3.05) is 5.73 Å². The fraction of sp³-hybridized carbons (Fsp3) is 0.0909. The van der Waals surface area contributed by atoms with Crippen LogP contribution < -0.4 is 5.73 Å². The van der Waals surface area contributed by atoms with Crippen LogP contribution in [0.25, 0.3) is 11.3 Å². The molecule has 0 atom stereocenters. The highest BCUT2D eigenvalue weighted by atomic mass is 32.1. The van der Waals surface area contributed by atoms with Crippen LogP contribution in [0.1, 0.15) is 16.1 Å². The van der Waals surface area contributed by atoms with Crippen LogP contribution in [0.15, 0.2) is 22.9 Å². The lowest BCUT2D eigenvalue weighted by Crippen LogP contribution is -2.06. The van der Waals surface area contributed by atoms with Crippen molar-refractivity contribution in [3.05, 3.63) is 34.2 Å². The van der Waals surface area contributed by atoms with Gasteiger partial charge < -0.3 is 10.8 Å². The molecule has 0 aliphatic rings. The summed E-state index contributed by atoms with van der Waals surface area (Å²) in [4.78, 5) is 14.9. The van der Waals surface area contributed by atoms with Crippen LogP contribution >= 0.6 is 11.3 Å². The Kier molecular flexibility index (Phi) is 2.62. The molecule has 0 spiro atoms. The number of thiophene rings is 1. The van der Waals surface area contributed by atoms with E-state index in [1.807, 2.05) is 17.7 Å². The molecule has 0 saturated heterocycles. The zero-order chi connectivity index (χ0) is 11.7. The molecule has 16 heavy (non-hydrogen) atoms. The fourth-order valence-electron chi connectivity index (χ4n) is 1.41. The third-order valence-electron chi connectivity index (χ3n) is 2.26. The number of rotatable bonds is 2. The Morgan fingerprint density at radius 2 is 2.19 bits per heavy atom. The average molecular weight is 234 g/mol. The molecule has 0 aliphatic carbocycles. The van der Waals surface area contributed by atoms with Crippen LogP contribution in [-0.2, 0) is 0 Å². The van der Waals surface area contributed by atoms with Gasteiger partial charge in [-0.3, -0.25) is 0 Å². The topological polar surface area (TPSA) is 76.2 Å². The van der Waals surface area contributed by atoms with E-state index in [0.717, 1.165) is 11.1 Å². The Hall–Kier alpha value is -1.88. The van der Waals surface area contributed by atoms with Gasteiger partial charge in [0, 0.05) is 10.9 Å². The first-order valence-electron chi connectivity index (χ1n) is 4.62. The number of hydrogen-bond donors (Lipinski definition) is 2. The van der Waals surface area contributed by atoms with E-state index in [1.165, 1.54) is 0 Å². The van der Waals surface area contributed by atoms with Crippen molar-refractivity contribution in [3.63, 3.8) is 0 Å². The van der Waals surface area contributed by atoms with Crippen LogP contribution in [0.3, 0.4) is 0 Å². The molecule has 0 radical (unpaired) electrons. The second kappa shape index (κ2) is 3.94. The SMILES string of the molecule is Cc1cscc1-c1ccc(N)c(C(=O)O)n1. The smallest absolute Gasteiger partial charge is 0.356 e. The number of hydrogen-bond acceptors (Lipinski definition) is 4. The first-order chi connectivity index (χ1) is 7.59. The molecule has 2 aromatic heterocycles. The van der Waals surface area contributed by atoms with E-state index in [0.29, 0.717) is 5.69 Å². The van der Waals surface area contributed by atoms with E-state index < -0.39 is 5.97 Å². The molecule has 0 bridgehead atoms. The molecular formula is C11H10N2O2S. The number of aromatic carboxylic acids is 1. The standard InChI is InChI=1S/C11H10N2O2S/c1-6-4-16-5-7(6)9-3-2-8(12)10(13-9)11(14)15/h2-5H,12H2,1H3,(H,14,15). The maximum Gasteiger partial charge on any atom is 0.356 e. The molecule has 2 heterocycles. The molecule has 5 heteroatoms. The molecule has 0 saturated carbocycles. The van der Waals surface area contributed by atoms with Crippen molar-refractivity contribution in [2.24, 2.45) is 0 Å². The lowest BCUT2D eigenvalue weighted by Gasteiger charge is -2.04. The summed E-state index contributed by atoms with van der Waals surface area (Å²) < 4.78 is 0. The van der Waals surface area contributed by atoms with E-state index >= 15 is 0 Å². The molecular weight excluding hydrogens is 224 g/mol. The summed E-state index contributed by atoms with van der Waals surface area (Å²) in [5.41, 5.74) is 8.31. The molecule has 2 aromatic rings. The highest BCUT2D eigenvalue weighted by Crippen LogP contribution is 2.26. The summed E-state index contributed by atoms with van der Waals surface area (Å²) in [6, 6.07) is 3.31.